The first-order chi connectivity index (χ1) is 9.21. The van der Waals surface area contributed by atoms with E-state index in [0.717, 1.165) is 0 Å². The minimum Gasteiger partial charge on any atom is -0.444 e. The average molecular weight is 285 g/mol. The second kappa shape index (κ2) is 6.37. The number of Topliss-reactive ketones (excluding diaryl/α,β-unsaturated/α-hetero) is 1. The molecule has 6 heteroatoms. The van der Waals surface area contributed by atoms with Crippen LogP contribution in [-0.4, -0.2) is 57.9 Å². The number of carbonyl (C=O) groups is 2. The zero-order chi connectivity index (χ0) is 15.5. The molecule has 1 saturated heterocycles. The molecular formula is C14H23NO5. The molecule has 20 heavy (non-hydrogen) atoms. The van der Waals surface area contributed by atoms with Gasteiger partial charge in [0.1, 0.15) is 18.2 Å². The summed E-state index contributed by atoms with van der Waals surface area (Å²) < 4.78 is 5.24. The number of carbonyl (C=O) groups excluding carboxylic acids is 2. The van der Waals surface area contributed by atoms with Gasteiger partial charge in [-0.2, -0.15) is 0 Å². The monoisotopic (exact) mass is 285 g/mol. The Morgan fingerprint density at radius 1 is 1.45 bits per heavy atom. The summed E-state index contributed by atoms with van der Waals surface area (Å²) in [5.74, 6) is -0.865. The maximum absolute atomic E-state index is 12.1. The number of ether oxygens (including phenoxy) is 1. The van der Waals surface area contributed by atoms with Crippen molar-refractivity contribution in [3.05, 3.63) is 12.7 Å². The molecule has 0 aromatic carbocycles. The molecule has 1 heterocycles. The van der Waals surface area contributed by atoms with E-state index >= 15 is 0 Å². The van der Waals surface area contributed by atoms with Gasteiger partial charge in [0.15, 0.2) is 5.78 Å². The van der Waals surface area contributed by atoms with Gasteiger partial charge in [-0.1, -0.05) is 6.08 Å². The lowest BCUT2D eigenvalue weighted by Crippen LogP contribution is -2.48. The summed E-state index contributed by atoms with van der Waals surface area (Å²) in [7, 11) is 0. The lowest BCUT2D eigenvalue weighted by Gasteiger charge is -2.28. The Morgan fingerprint density at radius 3 is 2.50 bits per heavy atom. The zero-order valence-electron chi connectivity index (χ0n) is 12.2. The molecule has 6 nitrogen and oxygen atoms in total. The van der Waals surface area contributed by atoms with Gasteiger partial charge in [-0.05, 0) is 27.2 Å². The van der Waals surface area contributed by atoms with Crippen molar-refractivity contribution in [2.75, 3.05) is 13.2 Å². The second-order valence-electron chi connectivity index (χ2n) is 5.98. The highest BCUT2D eigenvalue weighted by Crippen LogP contribution is 2.29. The van der Waals surface area contributed by atoms with E-state index in [2.05, 4.69) is 6.58 Å². The van der Waals surface area contributed by atoms with Crippen LogP contribution in [0, 0.1) is 5.92 Å². The zero-order valence-corrected chi connectivity index (χ0v) is 12.2. The lowest BCUT2D eigenvalue weighted by molar-refractivity contribution is -0.128. The van der Waals surface area contributed by atoms with Crippen LogP contribution in [0.2, 0.25) is 0 Å². The standard InChI is InChI=1S/C14H23NO5/c1-5-6-9-7-15(13(19)20-14(2,3)4)11(12(9)18)10(17)8-16/h5,9,11-12,16,18H,1,6-8H2,2-4H3/t9-,11+,12+/m0/s1. The first-order valence-electron chi connectivity index (χ1n) is 6.63. The van der Waals surface area contributed by atoms with Crippen LogP contribution in [-0.2, 0) is 9.53 Å². The maximum atomic E-state index is 12.1. The van der Waals surface area contributed by atoms with Crippen LogP contribution in [0.3, 0.4) is 0 Å². The molecule has 114 valence electrons. The topological polar surface area (TPSA) is 87.1 Å². The summed E-state index contributed by atoms with van der Waals surface area (Å²) in [4.78, 5) is 25.1. The summed E-state index contributed by atoms with van der Waals surface area (Å²) in [5.41, 5.74) is -0.689. The predicted octanol–water partition coefficient (Wildman–Crippen LogP) is 0.720. The van der Waals surface area contributed by atoms with Gasteiger partial charge in [0.25, 0.3) is 0 Å². The van der Waals surface area contributed by atoms with Gasteiger partial charge in [-0.3, -0.25) is 9.69 Å². The van der Waals surface area contributed by atoms with E-state index in [4.69, 9.17) is 9.84 Å². The molecular weight excluding hydrogens is 262 g/mol. The van der Waals surface area contributed by atoms with Crippen LogP contribution < -0.4 is 0 Å². The first-order valence-corrected chi connectivity index (χ1v) is 6.63. The minimum absolute atomic E-state index is 0.207. The molecule has 0 spiro atoms. The number of hydrogen-bond donors (Lipinski definition) is 2. The number of allylic oxidation sites excluding steroid dienone is 1. The molecule has 1 fully saturated rings. The van der Waals surface area contributed by atoms with Crippen molar-refractivity contribution in [3.63, 3.8) is 0 Å². The predicted molar refractivity (Wildman–Crippen MR) is 73.1 cm³/mol. The normalized spacial score (nSPS) is 26.4. The molecule has 0 aromatic rings. The van der Waals surface area contributed by atoms with E-state index in [1.54, 1.807) is 26.8 Å². The summed E-state index contributed by atoms with van der Waals surface area (Å²) in [6, 6.07) is -1.06. The van der Waals surface area contributed by atoms with Gasteiger partial charge >= 0.3 is 6.09 Å². The SMILES string of the molecule is C=CC[C@H]1CN(C(=O)OC(C)(C)C)[C@H](C(=O)CO)[C@@H]1O. The third-order valence-corrected chi connectivity index (χ3v) is 3.16. The largest absolute Gasteiger partial charge is 0.444 e. The van der Waals surface area contributed by atoms with Gasteiger partial charge in [-0.15, -0.1) is 6.58 Å². The Kier molecular flexibility index (Phi) is 5.30. The van der Waals surface area contributed by atoms with Gasteiger partial charge in [-0.25, -0.2) is 4.79 Å². The van der Waals surface area contributed by atoms with Crippen LogP contribution >= 0.6 is 0 Å². The average Bonchev–Trinajstić information content (AvgIpc) is 2.65. The lowest BCUT2D eigenvalue weighted by atomic mass is 9.96. The Balaban J connectivity index is 2.93. The Bertz CT molecular complexity index is 388. The number of likely N-dealkylation sites (tertiary alicyclic amines) is 1. The van der Waals surface area contributed by atoms with Crippen molar-refractivity contribution in [1.82, 2.24) is 4.90 Å². The van der Waals surface area contributed by atoms with Crippen LogP contribution in [0.1, 0.15) is 27.2 Å². The Labute approximate surface area is 119 Å². The molecule has 1 amide bonds. The second-order valence-corrected chi connectivity index (χ2v) is 5.98. The number of nitrogens with zero attached hydrogens (tertiary/aromatic N) is 1. The summed E-state index contributed by atoms with van der Waals surface area (Å²) in [5, 5.41) is 19.2. The Hall–Kier alpha value is -1.40. The van der Waals surface area contributed by atoms with Crippen molar-refractivity contribution in [2.24, 2.45) is 5.92 Å². The van der Waals surface area contributed by atoms with Crippen molar-refractivity contribution in [1.29, 1.82) is 0 Å². The van der Waals surface area contributed by atoms with Crippen LogP contribution in [0.15, 0.2) is 12.7 Å². The quantitative estimate of drug-likeness (QED) is 0.743. The van der Waals surface area contributed by atoms with Crippen molar-refractivity contribution in [3.8, 4) is 0 Å². The molecule has 1 aliphatic rings. The summed E-state index contributed by atoms with van der Waals surface area (Å²) >= 11 is 0. The Morgan fingerprint density at radius 2 is 2.05 bits per heavy atom. The molecule has 0 saturated carbocycles. The summed E-state index contributed by atoms with van der Waals surface area (Å²) in [6.45, 7) is 8.26. The number of hydrogen-bond acceptors (Lipinski definition) is 5. The fourth-order valence-corrected chi connectivity index (χ4v) is 2.31. The molecule has 0 aliphatic carbocycles. The fraction of sp³-hybridized carbons (Fsp3) is 0.714. The van der Waals surface area contributed by atoms with E-state index in [-0.39, 0.29) is 12.5 Å². The first kappa shape index (κ1) is 16.7. The number of aliphatic hydroxyl groups is 2. The summed E-state index contributed by atoms with van der Waals surface area (Å²) in [6.07, 6.45) is 0.443. The van der Waals surface area contributed by atoms with E-state index in [1.165, 1.54) is 4.90 Å². The van der Waals surface area contributed by atoms with Gasteiger partial charge in [0, 0.05) is 12.5 Å². The van der Waals surface area contributed by atoms with Crippen LogP contribution in [0.5, 0.6) is 0 Å². The van der Waals surface area contributed by atoms with Gasteiger partial charge in [0.2, 0.25) is 0 Å². The van der Waals surface area contributed by atoms with Crippen LogP contribution in [0.4, 0.5) is 4.79 Å². The van der Waals surface area contributed by atoms with Crippen molar-refractivity contribution >= 4 is 11.9 Å². The highest BCUT2D eigenvalue weighted by molar-refractivity contribution is 5.89. The van der Waals surface area contributed by atoms with Crippen molar-refractivity contribution < 1.29 is 24.5 Å². The number of ketones is 1. The minimum atomic E-state index is -1.06. The highest BCUT2D eigenvalue weighted by atomic mass is 16.6. The van der Waals surface area contributed by atoms with Crippen molar-refractivity contribution in [2.45, 2.75) is 44.9 Å². The number of amides is 1. The highest BCUT2D eigenvalue weighted by Gasteiger charge is 2.47. The fourth-order valence-electron chi connectivity index (χ4n) is 2.31. The molecule has 0 unspecified atom stereocenters. The molecule has 1 aliphatic heterocycles. The van der Waals surface area contributed by atoms with Gasteiger partial charge in [0.05, 0.1) is 6.10 Å². The van der Waals surface area contributed by atoms with E-state index < -0.39 is 36.2 Å². The molecule has 0 radical (unpaired) electrons. The van der Waals surface area contributed by atoms with E-state index in [1.807, 2.05) is 0 Å². The third-order valence-electron chi connectivity index (χ3n) is 3.16. The smallest absolute Gasteiger partial charge is 0.411 e. The van der Waals surface area contributed by atoms with Crippen LogP contribution in [0.25, 0.3) is 0 Å². The van der Waals surface area contributed by atoms with Gasteiger partial charge < -0.3 is 14.9 Å². The molecule has 2 N–H and O–H groups in total. The molecule has 3 atom stereocenters. The number of aliphatic hydroxyl groups excluding tert-OH is 2. The molecule has 1 rings (SSSR count). The molecule has 0 aromatic heterocycles. The molecule has 0 bridgehead atoms. The maximum Gasteiger partial charge on any atom is 0.411 e. The number of rotatable bonds is 4. The third kappa shape index (κ3) is 3.80. The van der Waals surface area contributed by atoms with E-state index in [9.17, 15) is 14.7 Å². The van der Waals surface area contributed by atoms with E-state index in [0.29, 0.717) is 6.42 Å².